The molecule has 0 bridgehead atoms. The van der Waals surface area contributed by atoms with Crippen LogP contribution in [0.1, 0.15) is 5.69 Å². The van der Waals surface area contributed by atoms with Crippen molar-refractivity contribution in [1.29, 1.82) is 0 Å². The molecule has 0 saturated heterocycles. The van der Waals surface area contributed by atoms with Gasteiger partial charge in [0.2, 0.25) is 0 Å². The highest BCUT2D eigenvalue weighted by atomic mass is 16.2. The number of hydrogen-bond acceptors (Lipinski definition) is 1. The summed E-state index contributed by atoms with van der Waals surface area (Å²) in [5, 5.41) is 2.51. The number of nitrogens with one attached hydrogen (secondary N) is 1. The van der Waals surface area contributed by atoms with Crippen molar-refractivity contribution in [2.75, 3.05) is 0 Å². The molecule has 3 N–H and O–H groups in total. The molecule has 0 fully saturated rings. The summed E-state index contributed by atoms with van der Waals surface area (Å²) < 4.78 is 1.93. The zero-order chi connectivity index (χ0) is 8.27. The van der Waals surface area contributed by atoms with Gasteiger partial charge < -0.3 is 15.6 Å². The smallest absolute Gasteiger partial charge is 0.312 e. The third-order valence-electron chi connectivity index (χ3n) is 1.50. The van der Waals surface area contributed by atoms with Gasteiger partial charge in [-0.3, -0.25) is 0 Å². The maximum Gasteiger partial charge on any atom is 0.312 e. The molecule has 1 heterocycles. The summed E-state index contributed by atoms with van der Waals surface area (Å²) in [5.74, 6) is 0. The molecule has 1 aromatic heterocycles. The SMILES string of the molecule is Cn1cccc1CNC(N)=O. The molecule has 4 heteroatoms. The largest absolute Gasteiger partial charge is 0.353 e. The molecule has 2 amide bonds. The fraction of sp³-hybridized carbons (Fsp3) is 0.286. The molecule has 60 valence electrons. The molecule has 0 spiro atoms. The van der Waals surface area contributed by atoms with Crippen LogP contribution in [0.15, 0.2) is 18.3 Å². The topological polar surface area (TPSA) is 60.1 Å². The molecule has 0 aliphatic heterocycles. The van der Waals surface area contributed by atoms with Gasteiger partial charge in [-0.25, -0.2) is 4.79 Å². The number of aromatic nitrogens is 1. The van der Waals surface area contributed by atoms with E-state index in [-0.39, 0.29) is 0 Å². The molecule has 0 radical (unpaired) electrons. The van der Waals surface area contributed by atoms with Gasteiger partial charge >= 0.3 is 6.03 Å². The summed E-state index contributed by atoms with van der Waals surface area (Å²) in [6.45, 7) is 0.485. The van der Waals surface area contributed by atoms with Crippen LogP contribution in [0.2, 0.25) is 0 Å². The first kappa shape index (κ1) is 7.65. The zero-order valence-corrected chi connectivity index (χ0v) is 6.37. The number of carbonyl (C=O) groups is 1. The molecular formula is C7H11N3O. The average molecular weight is 153 g/mol. The molecule has 0 unspecified atom stereocenters. The minimum absolute atomic E-state index is 0.485. The average Bonchev–Trinajstić information content (AvgIpc) is 2.31. The van der Waals surface area contributed by atoms with Crippen LogP contribution in [0.5, 0.6) is 0 Å². The van der Waals surface area contributed by atoms with E-state index >= 15 is 0 Å². The Morgan fingerprint density at radius 3 is 3.00 bits per heavy atom. The van der Waals surface area contributed by atoms with Crippen molar-refractivity contribution in [1.82, 2.24) is 9.88 Å². The molecule has 0 aliphatic rings. The number of nitrogens with two attached hydrogens (primary N) is 1. The maximum atomic E-state index is 10.3. The van der Waals surface area contributed by atoms with Crippen molar-refractivity contribution in [2.45, 2.75) is 6.54 Å². The lowest BCUT2D eigenvalue weighted by atomic mass is 10.4. The highest BCUT2D eigenvalue weighted by Crippen LogP contribution is 1.97. The van der Waals surface area contributed by atoms with E-state index in [0.29, 0.717) is 6.54 Å². The van der Waals surface area contributed by atoms with Crippen LogP contribution < -0.4 is 11.1 Å². The van der Waals surface area contributed by atoms with Crippen LogP contribution in [0.25, 0.3) is 0 Å². The summed E-state index contributed by atoms with van der Waals surface area (Å²) in [6.07, 6.45) is 1.91. The van der Waals surface area contributed by atoms with E-state index in [4.69, 9.17) is 5.73 Å². The van der Waals surface area contributed by atoms with Crippen LogP contribution in [-0.4, -0.2) is 10.6 Å². The van der Waals surface area contributed by atoms with Gasteiger partial charge in [0.15, 0.2) is 0 Å². The number of primary amides is 1. The summed E-state index contributed by atoms with van der Waals surface area (Å²) in [5.41, 5.74) is 5.93. The first-order valence-electron chi connectivity index (χ1n) is 3.33. The van der Waals surface area contributed by atoms with Gasteiger partial charge in [-0.2, -0.15) is 0 Å². The molecule has 0 aliphatic carbocycles. The van der Waals surface area contributed by atoms with E-state index in [1.54, 1.807) is 0 Å². The maximum absolute atomic E-state index is 10.3. The molecule has 11 heavy (non-hydrogen) atoms. The van der Waals surface area contributed by atoms with Crippen molar-refractivity contribution >= 4 is 6.03 Å². The summed E-state index contributed by atoms with van der Waals surface area (Å²) >= 11 is 0. The number of rotatable bonds is 2. The van der Waals surface area contributed by atoms with Gasteiger partial charge in [-0.05, 0) is 12.1 Å². The van der Waals surface area contributed by atoms with Gasteiger partial charge in [0.25, 0.3) is 0 Å². The second-order valence-corrected chi connectivity index (χ2v) is 2.33. The van der Waals surface area contributed by atoms with E-state index in [1.807, 2.05) is 29.9 Å². The fourth-order valence-corrected chi connectivity index (χ4v) is 0.858. The Labute approximate surface area is 65.0 Å². The lowest BCUT2D eigenvalue weighted by Gasteiger charge is -2.02. The second kappa shape index (κ2) is 3.09. The monoisotopic (exact) mass is 153 g/mol. The minimum atomic E-state index is -0.494. The third-order valence-corrected chi connectivity index (χ3v) is 1.50. The molecule has 0 aromatic carbocycles. The predicted molar refractivity (Wildman–Crippen MR) is 41.8 cm³/mol. The number of nitrogens with zero attached hydrogens (tertiary/aromatic N) is 1. The third kappa shape index (κ3) is 2.00. The van der Waals surface area contributed by atoms with E-state index < -0.39 is 6.03 Å². The van der Waals surface area contributed by atoms with Gasteiger partial charge in [-0.1, -0.05) is 0 Å². The summed E-state index contributed by atoms with van der Waals surface area (Å²) in [6, 6.07) is 3.35. The van der Waals surface area contributed by atoms with E-state index in [9.17, 15) is 4.79 Å². The second-order valence-electron chi connectivity index (χ2n) is 2.33. The van der Waals surface area contributed by atoms with E-state index in [1.165, 1.54) is 0 Å². The Morgan fingerprint density at radius 1 is 1.82 bits per heavy atom. The van der Waals surface area contributed by atoms with Gasteiger partial charge in [0, 0.05) is 18.9 Å². The van der Waals surface area contributed by atoms with Gasteiger partial charge in [0.1, 0.15) is 0 Å². The van der Waals surface area contributed by atoms with E-state index in [2.05, 4.69) is 5.32 Å². The highest BCUT2D eigenvalue weighted by Gasteiger charge is 1.96. The molecule has 0 atom stereocenters. The van der Waals surface area contributed by atoms with Gasteiger partial charge in [0.05, 0.1) is 6.54 Å². The predicted octanol–water partition coefficient (Wildman–Crippen LogP) is 0.193. The molecule has 0 saturated carbocycles. The highest BCUT2D eigenvalue weighted by molar-refractivity contribution is 5.71. The fourth-order valence-electron chi connectivity index (χ4n) is 0.858. The Balaban J connectivity index is 2.51. The Hall–Kier alpha value is -1.45. The molecule has 1 rings (SSSR count). The minimum Gasteiger partial charge on any atom is -0.353 e. The number of amides is 2. The van der Waals surface area contributed by atoms with Crippen LogP contribution in [0, 0.1) is 0 Å². The lowest BCUT2D eigenvalue weighted by molar-refractivity contribution is 0.248. The first-order chi connectivity index (χ1) is 5.20. The van der Waals surface area contributed by atoms with Crippen molar-refractivity contribution in [3.8, 4) is 0 Å². The van der Waals surface area contributed by atoms with Crippen LogP contribution in [-0.2, 0) is 13.6 Å². The molecule has 1 aromatic rings. The van der Waals surface area contributed by atoms with Crippen molar-refractivity contribution < 1.29 is 4.79 Å². The van der Waals surface area contributed by atoms with E-state index in [0.717, 1.165) is 5.69 Å². The lowest BCUT2D eigenvalue weighted by Crippen LogP contribution is -2.29. The molecule has 4 nitrogen and oxygen atoms in total. The van der Waals surface area contributed by atoms with Crippen molar-refractivity contribution in [3.05, 3.63) is 24.0 Å². The van der Waals surface area contributed by atoms with Gasteiger partial charge in [-0.15, -0.1) is 0 Å². The first-order valence-corrected chi connectivity index (χ1v) is 3.33. The number of urea groups is 1. The Morgan fingerprint density at radius 2 is 2.55 bits per heavy atom. The molecular weight excluding hydrogens is 142 g/mol. The number of hydrogen-bond donors (Lipinski definition) is 2. The van der Waals surface area contributed by atoms with Crippen LogP contribution >= 0.6 is 0 Å². The standard InChI is InChI=1S/C7H11N3O/c1-10-4-2-3-6(10)5-9-7(8)11/h2-4H,5H2,1H3,(H3,8,9,11). The Bertz CT molecular complexity index is 254. The number of aryl methyl sites for hydroxylation is 1. The summed E-state index contributed by atoms with van der Waals surface area (Å²) in [7, 11) is 1.91. The Kier molecular flexibility index (Phi) is 2.15. The van der Waals surface area contributed by atoms with Crippen molar-refractivity contribution in [3.63, 3.8) is 0 Å². The zero-order valence-electron chi connectivity index (χ0n) is 6.37. The summed E-state index contributed by atoms with van der Waals surface area (Å²) in [4.78, 5) is 10.3. The normalized spacial score (nSPS) is 9.55. The quantitative estimate of drug-likeness (QED) is 0.626. The van der Waals surface area contributed by atoms with Crippen molar-refractivity contribution in [2.24, 2.45) is 12.8 Å². The van der Waals surface area contributed by atoms with Crippen LogP contribution in [0.4, 0.5) is 4.79 Å². The van der Waals surface area contributed by atoms with Crippen LogP contribution in [0.3, 0.4) is 0 Å². The number of carbonyl (C=O) groups excluding carboxylic acids is 1.